The van der Waals surface area contributed by atoms with Crippen LogP contribution in [0.2, 0.25) is 0 Å². The van der Waals surface area contributed by atoms with Crippen LogP contribution >= 0.6 is 23.5 Å². The van der Waals surface area contributed by atoms with E-state index < -0.39 is 10.8 Å². The first kappa shape index (κ1) is 11.5. The summed E-state index contributed by atoms with van der Waals surface area (Å²) in [5.74, 6) is 0. The number of nitrogens with zero attached hydrogens (tertiary/aromatic N) is 1. The second kappa shape index (κ2) is 6.07. The Kier molecular flexibility index (Phi) is 6.36. The summed E-state index contributed by atoms with van der Waals surface area (Å²) in [6.07, 6.45) is 1.99. The van der Waals surface area contributed by atoms with Crippen LogP contribution in [-0.4, -0.2) is 22.6 Å². The molecule has 1 rings (SSSR count). The fourth-order valence-electron chi connectivity index (χ4n) is 0.424. The molecule has 0 unspecified atom stereocenters. The first-order chi connectivity index (χ1) is 5.02. The lowest BCUT2D eigenvalue weighted by Crippen LogP contribution is -2.30. The van der Waals surface area contributed by atoms with Crippen molar-refractivity contribution in [1.82, 2.24) is 4.31 Å². The SMILES string of the molecule is CN1CC=C(Cl)S1.[O-][Cl+2]([O-])O. The van der Waals surface area contributed by atoms with Gasteiger partial charge in [-0.25, -0.2) is 4.31 Å². The lowest BCUT2D eigenvalue weighted by molar-refractivity contribution is -1.63. The molecule has 0 saturated carbocycles. The number of hydrogen-bond acceptors (Lipinski definition) is 5. The van der Waals surface area contributed by atoms with Crippen molar-refractivity contribution < 1.29 is 24.8 Å². The number of halogens is 2. The molecule has 1 aliphatic rings. The van der Waals surface area contributed by atoms with E-state index in [0.29, 0.717) is 0 Å². The monoisotopic (exact) mass is 219 g/mol. The molecular formula is C4H7Cl2NO3S. The van der Waals surface area contributed by atoms with E-state index in [0.717, 1.165) is 10.9 Å². The van der Waals surface area contributed by atoms with Gasteiger partial charge in [0.1, 0.15) is 0 Å². The lowest BCUT2D eigenvalue weighted by atomic mass is 10.6. The summed E-state index contributed by atoms with van der Waals surface area (Å²) in [7, 11) is -0.591. The molecule has 0 bridgehead atoms. The molecule has 0 radical (unpaired) electrons. The van der Waals surface area contributed by atoms with Crippen molar-refractivity contribution in [3.63, 3.8) is 0 Å². The van der Waals surface area contributed by atoms with Crippen molar-refractivity contribution in [2.24, 2.45) is 0 Å². The van der Waals surface area contributed by atoms with Crippen LogP contribution in [0.15, 0.2) is 10.4 Å². The van der Waals surface area contributed by atoms with Gasteiger partial charge in [0.15, 0.2) is 0 Å². The van der Waals surface area contributed by atoms with E-state index in [2.05, 4.69) is 4.31 Å². The molecule has 0 saturated heterocycles. The Balaban J connectivity index is 0.000000218. The van der Waals surface area contributed by atoms with Gasteiger partial charge in [-0.05, 0) is 25.1 Å². The zero-order chi connectivity index (χ0) is 8.85. The van der Waals surface area contributed by atoms with Crippen molar-refractivity contribution in [1.29, 1.82) is 0 Å². The highest BCUT2D eigenvalue weighted by molar-refractivity contribution is 8.02. The van der Waals surface area contributed by atoms with Crippen LogP contribution in [-0.2, 0) is 0 Å². The van der Waals surface area contributed by atoms with Gasteiger partial charge in [-0.2, -0.15) is 0 Å². The summed E-state index contributed by atoms with van der Waals surface area (Å²) < 4.78 is 26.9. The van der Waals surface area contributed by atoms with Gasteiger partial charge in [0.05, 0.1) is 4.36 Å². The largest absolute Gasteiger partial charge is 0.321 e. The molecule has 66 valence electrons. The summed E-state index contributed by atoms with van der Waals surface area (Å²) in [5.41, 5.74) is 0. The smallest absolute Gasteiger partial charge is 0.282 e. The zero-order valence-electron chi connectivity index (χ0n) is 5.66. The van der Waals surface area contributed by atoms with E-state index in [1.165, 1.54) is 0 Å². The second-order valence-corrected chi connectivity index (χ2v) is 3.89. The minimum absolute atomic E-state index is 0.891. The van der Waals surface area contributed by atoms with Gasteiger partial charge < -0.3 is 9.32 Å². The molecule has 1 N–H and O–H groups in total. The Hall–Kier alpha value is 0.510. The normalized spacial score (nSPS) is 17.8. The van der Waals surface area contributed by atoms with E-state index in [-0.39, 0.29) is 0 Å². The van der Waals surface area contributed by atoms with Crippen LogP contribution in [0.3, 0.4) is 0 Å². The van der Waals surface area contributed by atoms with Gasteiger partial charge in [-0.3, -0.25) is 0 Å². The molecule has 0 spiro atoms. The third-order valence-electron chi connectivity index (χ3n) is 0.752. The van der Waals surface area contributed by atoms with Crippen LogP contribution in [0, 0.1) is 10.8 Å². The maximum absolute atomic E-state index is 8.52. The second-order valence-electron chi connectivity index (χ2n) is 1.61. The predicted octanol–water partition coefficient (Wildman–Crippen LogP) is -1.27. The standard InChI is InChI=1S/C4H6ClNS.ClHO3/c1-6-3-2-4(5)7-6;2-1(3)4/h2H,3H2,1H3;2H. The highest BCUT2D eigenvalue weighted by atomic mass is 35.6. The van der Waals surface area contributed by atoms with Gasteiger partial charge in [0.25, 0.3) is 10.8 Å². The van der Waals surface area contributed by atoms with Crippen molar-refractivity contribution in [3.05, 3.63) is 10.4 Å². The zero-order valence-corrected chi connectivity index (χ0v) is 7.99. The Labute approximate surface area is 77.0 Å². The molecule has 4 nitrogen and oxygen atoms in total. The molecular weight excluding hydrogens is 213 g/mol. The highest BCUT2D eigenvalue weighted by Crippen LogP contribution is 2.27. The minimum atomic E-state index is -2.60. The Bertz CT molecular complexity index is 141. The van der Waals surface area contributed by atoms with Crippen LogP contribution in [0.5, 0.6) is 0 Å². The fourth-order valence-corrected chi connectivity index (χ4v) is 1.44. The quantitative estimate of drug-likeness (QED) is 0.515. The maximum Gasteiger partial charge on any atom is 0.282 e. The third-order valence-corrected chi connectivity index (χ3v) is 1.92. The van der Waals surface area contributed by atoms with Crippen LogP contribution in [0.4, 0.5) is 0 Å². The van der Waals surface area contributed by atoms with Crippen molar-refractivity contribution in [3.8, 4) is 0 Å². The molecule has 11 heavy (non-hydrogen) atoms. The topological polar surface area (TPSA) is 69.6 Å². The predicted molar refractivity (Wildman–Crippen MR) is 36.4 cm³/mol. The van der Waals surface area contributed by atoms with Crippen molar-refractivity contribution >= 4 is 23.5 Å². The molecule has 0 fully saturated rings. The van der Waals surface area contributed by atoms with E-state index in [1.807, 2.05) is 13.1 Å². The van der Waals surface area contributed by atoms with E-state index >= 15 is 0 Å². The van der Waals surface area contributed by atoms with Gasteiger partial charge in [-0.15, -0.1) is 0 Å². The average molecular weight is 220 g/mol. The van der Waals surface area contributed by atoms with Crippen LogP contribution in [0.25, 0.3) is 0 Å². The number of likely N-dealkylation sites (N-methyl/N-ethyl adjacent to an activating group) is 1. The van der Waals surface area contributed by atoms with Gasteiger partial charge >= 0.3 is 0 Å². The summed E-state index contributed by atoms with van der Waals surface area (Å²) in [5, 5.41) is 0. The van der Waals surface area contributed by atoms with Crippen LogP contribution < -0.4 is 9.32 Å². The molecule has 0 amide bonds. The van der Waals surface area contributed by atoms with E-state index in [1.54, 1.807) is 11.9 Å². The van der Waals surface area contributed by atoms with E-state index in [9.17, 15) is 0 Å². The average Bonchev–Trinajstić information content (AvgIpc) is 2.13. The molecule has 1 aliphatic heterocycles. The van der Waals surface area contributed by atoms with Gasteiger partial charge in [-0.1, -0.05) is 11.6 Å². The fraction of sp³-hybridized carbons (Fsp3) is 0.500. The van der Waals surface area contributed by atoms with Crippen molar-refractivity contribution in [2.45, 2.75) is 0 Å². The van der Waals surface area contributed by atoms with Crippen molar-refractivity contribution in [2.75, 3.05) is 13.6 Å². The molecule has 0 aromatic carbocycles. The first-order valence-electron chi connectivity index (χ1n) is 2.51. The molecule has 0 aliphatic carbocycles. The molecule has 7 heteroatoms. The van der Waals surface area contributed by atoms with E-state index in [4.69, 9.17) is 25.6 Å². The third kappa shape index (κ3) is 8.42. The maximum atomic E-state index is 8.52. The number of hydrogen-bond donors (Lipinski definition) is 1. The van der Waals surface area contributed by atoms with Crippen LogP contribution in [0.1, 0.15) is 0 Å². The number of rotatable bonds is 0. The Morgan fingerprint density at radius 1 is 1.82 bits per heavy atom. The van der Waals surface area contributed by atoms with Gasteiger partial charge in [0.2, 0.25) is 0 Å². The Morgan fingerprint density at radius 2 is 2.27 bits per heavy atom. The lowest BCUT2D eigenvalue weighted by Gasteiger charge is -2.00. The summed E-state index contributed by atoms with van der Waals surface area (Å²) in [4.78, 5) is 0. The highest BCUT2D eigenvalue weighted by Gasteiger charge is 2.06. The molecule has 0 aromatic heterocycles. The minimum Gasteiger partial charge on any atom is -0.321 e. The summed E-state index contributed by atoms with van der Waals surface area (Å²) >= 11 is 7.17. The Morgan fingerprint density at radius 3 is 2.36 bits per heavy atom. The summed E-state index contributed by atoms with van der Waals surface area (Å²) in [6.45, 7) is 0.976. The molecule has 0 aromatic rings. The van der Waals surface area contributed by atoms with Gasteiger partial charge in [0, 0.05) is 11.2 Å². The molecule has 1 heterocycles. The molecule has 0 atom stereocenters. The first-order valence-corrected chi connectivity index (χ1v) is 4.62. The summed E-state index contributed by atoms with van der Waals surface area (Å²) in [6, 6.07) is 0.